The van der Waals surface area contributed by atoms with Gasteiger partial charge in [-0.15, -0.1) is 22.7 Å². The molecule has 0 unspecified atom stereocenters. The summed E-state index contributed by atoms with van der Waals surface area (Å²) in [6.07, 6.45) is 8.71. The molecule has 2 heterocycles. The minimum atomic E-state index is -5.78. The molecule has 0 fully saturated rings. The Kier molecular flexibility index (Phi) is 13.3. The van der Waals surface area contributed by atoms with Crippen LogP contribution < -0.4 is 0 Å². The van der Waals surface area contributed by atoms with Crippen LogP contribution in [0.25, 0.3) is 22.0 Å². The van der Waals surface area contributed by atoms with Crippen molar-refractivity contribution >= 4 is 64.3 Å². The van der Waals surface area contributed by atoms with Gasteiger partial charge in [0.25, 0.3) is 19.7 Å². The number of alkyl halides is 6. The molecule has 0 N–H and O–H groups in total. The van der Waals surface area contributed by atoms with Gasteiger partial charge < -0.3 is 0 Å². The first kappa shape index (κ1) is 38.0. The van der Waals surface area contributed by atoms with E-state index in [9.17, 15) is 43.2 Å². The fourth-order valence-electron chi connectivity index (χ4n) is 4.85. The molecule has 46 heavy (non-hydrogen) atoms. The number of rotatable bonds is 16. The standard InChI is InChI=1S/C32H36F6O4S4/c1-3-5-7-9-13-23-19-26(22-30(28-16-12-18-44-28)46(41,42)32(36,37)38)24(14-10-8-6-4-2)20-25(23)21-29(27-15-11-17-43-27)45(39,40)31(33,34)35/h11-12,15-22H,3-10,13-14H2,1-2H3/b29-21-,30-22-. The third-order valence-corrected chi connectivity index (χ3v) is 12.4. The number of aryl methyl sites for hydroxylation is 2. The summed E-state index contributed by atoms with van der Waals surface area (Å²) in [6, 6.07) is 8.42. The second kappa shape index (κ2) is 16.1. The Morgan fingerprint density at radius 2 is 1.00 bits per heavy atom. The molecule has 0 spiro atoms. The molecule has 3 aromatic rings. The molecule has 0 saturated heterocycles. The zero-order valence-electron chi connectivity index (χ0n) is 25.4. The van der Waals surface area contributed by atoms with Crippen LogP contribution in [-0.4, -0.2) is 27.9 Å². The van der Waals surface area contributed by atoms with E-state index < -0.39 is 40.5 Å². The lowest BCUT2D eigenvalue weighted by Gasteiger charge is -2.17. The summed E-state index contributed by atoms with van der Waals surface area (Å²) < 4.78 is 134. The Bertz CT molecular complexity index is 1570. The van der Waals surface area contributed by atoms with Crippen molar-refractivity contribution in [3.05, 3.63) is 79.2 Å². The summed E-state index contributed by atoms with van der Waals surface area (Å²) in [4.78, 5) is -2.08. The molecule has 0 saturated carbocycles. The van der Waals surface area contributed by atoms with E-state index in [4.69, 9.17) is 0 Å². The van der Waals surface area contributed by atoms with E-state index in [-0.39, 0.29) is 33.7 Å². The molecule has 0 aliphatic rings. The maximum absolute atomic E-state index is 13.9. The second-order valence-electron chi connectivity index (χ2n) is 10.7. The molecule has 1 aromatic carbocycles. The molecular formula is C32H36F6O4S4. The number of hydrogen-bond donors (Lipinski definition) is 0. The predicted octanol–water partition coefficient (Wildman–Crippen LogP) is 10.9. The van der Waals surface area contributed by atoms with Crippen molar-refractivity contribution in [2.45, 2.75) is 89.1 Å². The van der Waals surface area contributed by atoms with Gasteiger partial charge in [-0.1, -0.05) is 76.6 Å². The normalized spacial score (nSPS) is 13.8. The Balaban J connectivity index is 2.37. The molecule has 14 heteroatoms. The Labute approximate surface area is 274 Å². The van der Waals surface area contributed by atoms with Gasteiger partial charge in [0.2, 0.25) is 0 Å². The van der Waals surface area contributed by atoms with Crippen LogP contribution in [-0.2, 0) is 32.5 Å². The number of thiophene rings is 2. The van der Waals surface area contributed by atoms with Crippen molar-refractivity contribution < 1.29 is 43.2 Å². The van der Waals surface area contributed by atoms with Crippen LogP contribution in [0.5, 0.6) is 0 Å². The highest BCUT2D eigenvalue weighted by molar-refractivity contribution is 8.02. The van der Waals surface area contributed by atoms with Gasteiger partial charge in [0.15, 0.2) is 0 Å². The first-order valence-electron chi connectivity index (χ1n) is 14.8. The van der Waals surface area contributed by atoms with Crippen molar-refractivity contribution in [3.63, 3.8) is 0 Å². The number of sulfone groups is 2. The molecule has 0 radical (unpaired) electrons. The average Bonchev–Trinajstić information content (AvgIpc) is 3.70. The van der Waals surface area contributed by atoms with E-state index in [0.717, 1.165) is 73.4 Å². The van der Waals surface area contributed by atoms with Gasteiger partial charge in [-0.3, -0.25) is 0 Å². The number of hydrogen-bond acceptors (Lipinski definition) is 6. The quantitative estimate of drug-likeness (QED) is 0.109. The van der Waals surface area contributed by atoms with Crippen LogP contribution in [0.2, 0.25) is 0 Å². The molecule has 0 aliphatic heterocycles. The van der Waals surface area contributed by atoms with E-state index in [0.29, 0.717) is 24.0 Å². The Hall–Kier alpha value is -2.42. The van der Waals surface area contributed by atoms with Crippen LogP contribution in [0.15, 0.2) is 47.2 Å². The minimum Gasteiger partial charge on any atom is -0.214 e. The van der Waals surface area contributed by atoms with Gasteiger partial charge in [0.05, 0.1) is 9.81 Å². The van der Waals surface area contributed by atoms with Gasteiger partial charge >= 0.3 is 11.0 Å². The van der Waals surface area contributed by atoms with Crippen molar-refractivity contribution in [2.75, 3.05) is 0 Å². The predicted molar refractivity (Wildman–Crippen MR) is 176 cm³/mol. The molecule has 3 rings (SSSR count). The van der Waals surface area contributed by atoms with Crippen molar-refractivity contribution in [3.8, 4) is 0 Å². The zero-order chi connectivity index (χ0) is 34.2. The number of unbranched alkanes of at least 4 members (excludes halogenated alkanes) is 6. The van der Waals surface area contributed by atoms with Crippen molar-refractivity contribution in [1.29, 1.82) is 0 Å². The van der Waals surface area contributed by atoms with Crippen molar-refractivity contribution in [1.82, 2.24) is 0 Å². The fourth-order valence-corrected chi connectivity index (χ4v) is 8.79. The Morgan fingerprint density at radius 1 is 0.630 bits per heavy atom. The lowest BCUT2D eigenvalue weighted by Crippen LogP contribution is -2.24. The summed E-state index contributed by atoms with van der Waals surface area (Å²) in [5, 5.41) is 2.92. The third kappa shape index (κ3) is 9.35. The fraction of sp³-hybridized carbons (Fsp3) is 0.438. The van der Waals surface area contributed by atoms with Crippen LogP contribution >= 0.6 is 22.7 Å². The highest BCUT2D eigenvalue weighted by atomic mass is 32.2. The van der Waals surface area contributed by atoms with E-state index in [1.54, 1.807) is 0 Å². The molecule has 0 bridgehead atoms. The molecular weight excluding hydrogens is 691 g/mol. The SMILES string of the molecule is CCCCCCc1cc(/C=C(/c2cccs2)S(=O)(=O)C(F)(F)F)c(CCCCCC)cc1/C=C(/c1cccs1)S(=O)(=O)C(F)(F)F. The van der Waals surface area contributed by atoms with Gasteiger partial charge in [0.1, 0.15) is 0 Å². The number of benzene rings is 1. The maximum atomic E-state index is 13.9. The van der Waals surface area contributed by atoms with Crippen LogP contribution in [0.1, 0.15) is 97.2 Å². The van der Waals surface area contributed by atoms with Gasteiger partial charge in [0, 0.05) is 9.75 Å². The summed E-state index contributed by atoms with van der Waals surface area (Å²) in [5.41, 5.74) is -9.96. The van der Waals surface area contributed by atoms with E-state index >= 15 is 0 Å². The average molecular weight is 727 g/mol. The van der Waals surface area contributed by atoms with Crippen molar-refractivity contribution in [2.24, 2.45) is 0 Å². The summed E-state index contributed by atoms with van der Waals surface area (Å²) in [6.45, 7) is 3.99. The highest BCUT2D eigenvalue weighted by Gasteiger charge is 2.50. The molecule has 0 amide bonds. The lowest BCUT2D eigenvalue weighted by atomic mass is 9.91. The van der Waals surface area contributed by atoms with E-state index in [1.165, 1.54) is 47.2 Å². The summed E-state index contributed by atoms with van der Waals surface area (Å²) in [5.74, 6) is 0. The number of halogens is 6. The summed E-state index contributed by atoms with van der Waals surface area (Å²) >= 11 is 1.67. The smallest absolute Gasteiger partial charge is 0.214 e. The lowest BCUT2D eigenvalue weighted by molar-refractivity contribution is -0.0426. The van der Waals surface area contributed by atoms with Crippen LogP contribution in [0.4, 0.5) is 26.3 Å². The van der Waals surface area contributed by atoms with E-state index in [2.05, 4.69) is 0 Å². The topological polar surface area (TPSA) is 68.3 Å². The molecule has 2 aromatic heterocycles. The first-order valence-corrected chi connectivity index (χ1v) is 19.6. The monoisotopic (exact) mass is 726 g/mol. The molecule has 4 nitrogen and oxygen atoms in total. The first-order chi connectivity index (χ1) is 21.5. The second-order valence-corrected chi connectivity index (χ2v) is 16.5. The zero-order valence-corrected chi connectivity index (χ0v) is 28.6. The van der Waals surface area contributed by atoms with Gasteiger partial charge in [-0.05, 0) is 83.0 Å². The van der Waals surface area contributed by atoms with E-state index in [1.807, 2.05) is 13.8 Å². The largest absolute Gasteiger partial charge is 0.501 e. The molecule has 0 aliphatic carbocycles. The Morgan fingerprint density at radius 3 is 1.28 bits per heavy atom. The van der Waals surface area contributed by atoms with Crippen LogP contribution in [0.3, 0.4) is 0 Å². The summed E-state index contributed by atoms with van der Waals surface area (Å²) in [7, 11) is -11.6. The third-order valence-electron chi connectivity index (χ3n) is 7.29. The van der Waals surface area contributed by atoms with Gasteiger partial charge in [-0.25, -0.2) is 16.8 Å². The molecule has 0 atom stereocenters. The van der Waals surface area contributed by atoms with Gasteiger partial charge in [-0.2, -0.15) is 26.3 Å². The molecule has 254 valence electrons. The minimum absolute atomic E-state index is 0.112. The highest BCUT2D eigenvalue weighted by Crippen LogP contribution is 2.41. The van der Waals surface area contributed by atoms with Crippen LogP contribution in [0, 0.1) is 0 Å². The maximum Gasteiger partial charge on any atom is 0.501 e.